The van der Waals surface area contributed by atoms with Crippen LogP contribution in [0.4, 0.5) is 0 Å². The molecule has 0 N–H and O–H groups in total. The number of rotatable bonds is 5. The Hall–Kier alpha value is -0.520. The topological polar surface area (TPSA) is 0 Å². The van der Waals surface area contributed by atoms with Gasteiger partial charge in [0.15, 0.2) is 0 Å². The molecule has 0 fully saturated rings. The van der Waals surface area contributed by atoms with Gasteiger partial charge in [-0.2, -0.15) is 0 Å². The summed E-state index contributed by atoms with van der Waals surface area (Å²) in [5.41, 5.74) is 1.36. The van der Waals surface area contributed by atoms with E-state index in [1.165, 1.54) is 12.0 Å². The Labute approximate surface area is 64.6 Å². The molecule has 0 saturated carbocycles. The zero-order valence-corrected chi connectivity index (χ0v) is 7.19. The van der Waals surface area contributed by atoms with Crippen LogP contribution in [0.5, 0.6) is 0 Å². The zero-order chi connectivity index (χ0) is 7.98. The van der Waals surface area contributed by atoms with Crippen molar-refractivity contribution in [3.63, 3.8) is 0 Å². The molecule has 0 amide bonds. The Balaban J connectivity index is 3.30. The van der Waals surface area contributed by atoms with Crippen molar-refractivity contribution in [2.45, 2.75) is 33.1 Å². The van der Waals surface area contributed by atoms with Crippen LogP contribution >= 0.6 is 0 Å². The van der Waals surface area contributed by atoms with E-state index >= 15 is 0 Å². The SMILES string of the molecule is C=CCCCC(=C)C(C)C. The second-order valence-electron chi connectivity index (χ2n) is 2.99. The average molecular weight is 138 g/mol. The fraction of sp³-hybridized carbons (Fsp3) is 0.600. The second kappa shape index (κ2) is 5.28. The molecule has 0 aliphatic rings. The monoisotopic (exact) mass is 138 g/mol. The van der Waals surface area contributed by atoms with Gasteiger partial charge in [-0.15, -0.1) is 6.58 Å². The third-order valence-electron chi connectivity index (χ3n) is 1.72. The van der Waals surface area contributed by atoms with E-state index in [-0.39, 0.29) is 0 Å². The predicted octanol–water partition coefficient (Wildman–Crippen LogP) is 3.55. The van der Waals surface area contributed by atoms with Crippen LogP contribution in [-0.2, 0) is 0 Å². The van der Waals surface area contributed by atoms with Crippen LogP contribution < -0.4 is 0 Å². The van der Waals surface area contributed by atoms with Gasteiger partial charge < -0.3 is 0 Å². The molecule has 0 rings (SSSR count). The Morgan fingerprint density at radius 2 is 2.10 bits per heavy atom. The van der Waals surface area contributed by atoms with Crippen LogP contribution in [0.3, 0.4) is 0 Å². The molecule has 0 heterocycles. The molecule has 0 heteroatoms. The van der Waals surface area contributed by atoms with Crippen molar-refractivity contribution < 1.29 is 0 Å². The minimum atomic E-state index is 0.643. The zero-order valence-electron chi connectivity index (χ0n) is 7.19. The van der Waals surface area contributed by atoms with E-state index in [4.69, 9.17) is 0 Å². The number of hydrogen-bond acceptors (Lipinski definition) is 0. The summed E-state index contributed by atoms with van der Waals surface area (Å²) in [4.78, 5) is 0. The second-order valence-corrected chi connectivity index (χ2v) is 2.99. The quantitative estimate of drug-likeness (QED) is 0.402. The smallest absolute Gasteiger partial charge is 0.0263 e. The van der Waals surface area contributed by atoms with Gasteiger partial charge in [0.05, 0.1) is 0 Å². The van der Waals surface area contributed by atoms with E-state index in [9.17, 15) is 0 Å². The van der Waals surface area contributed by atoms with Gasteiger partial charge in [-0.1, -0.05) is 32.1 Å². The molecule has 0 spiro atoms. The first kappa shape index (κ1) is 9.48. The summed E-state index contributed by atoms with van der Waals surface area (Å²) in [6, 6.07) is 0. The van der Waals surface area contributed by atoms with E-state index in [1.807, 2.05) is 6.08 Å². The summed E-state index contributed by atoms with van der Waals surface area (Å²) in [5, 5.41) is 0. The van der Waals surface area contributed by atoms with Crippen molar-refractivity contribution >= 4 is 0 Å². The van der Waals surface area contributed by atoms with E-state index in [2.05, 4.69) is 27.0 Å². The normalized spacial score (nSPS) is 9.90. The third-order valence-corrected chi connectivity index (χ3v) is 1.72. The molecule has 58 valence electrons. The highest BCUT2D eigenvalue weighted by Gasteiger charge is 1.97. The minimum Gasteiger partial charge on any atom is -0.103 e. The molecule has 0 aromatic carbocycles. The van der Waals surface area contributed by atoms with Crippen LogP contribution in [0.15, 0.2) is 24.8 Å². The predicted molar refractivity (Wildman–Crippen MR) is 48.0 cm³/mol. The first-order valence-corrected chi connectivity index (χ1v) is 3.97. The fourth-order valence-electron chi connectivity index (χ4n) is 0.762. The van der Waals surface area contributed by atoms with E-state index < -0.39 is 0 Å². The molecular weight excluding hydrogens is 120 g/mol. The van der Waals surface area contributed by atoms with Gasteiger partial charge in [0, 0.05) is 0 Å². The third kappa shape index (κ3) is 4.37. The van der Waals surface area contributed by atoms with Gasteiger partial charge in [-0.25, -0.2) is 0 Å². The lowest BCUT2D eigenvalue weighted by Gasteiger charge is -2.07. The van der Waals surface area contributed by atoms with E-state index in [0.29, 0.717) is 5.92 Å². The van der Waals surface area contributed by atoms with Crippen LogP contribution in [0.25, 0.3) is 0 Å². The lowest BCUT2D eigenvalue weighted by atomic mass is 10.00. The minimum absolute atomic E-state index is 0.643. The highest BCUT2D eigenvalue weighted by atomic mass is 14.0. The van der Waals surface area contributed by atoms with Crippen molar-refractivity contribution in [1.29, 1.82) is 0 Å². The number of unbranched alkanes of at least 4 members (excludes halogenated alkanes) is 1. The first-order chi connectivity index (χ1) is 4.68. The maximum absolute atomic E-state index is 3.99. The van der Waals surface area contributed by atoms with E-state index in [1.54, 1.807) is 0 Å². The Bertz CT molecular complexity index is 109. The largest absolute Gasteiger partial charge is 0.103 e. The fourth-order valence-corrected chi connectivity index (χ4v) is 0.762. The van der Waals surface area contributed by atoms with Crippen LogP contribution in [0.2, 0.25) is 0 Å². The molecule has 0 aromatic heterocycles. The summed E-state index contributed by atoms with van der Waals surface area (Å²) in [6.07, 6.45) is 5.45. The van der Waals surface area contributed by atoms with Gasteiger partial charge in [0.2, 0.25) is 0 Å². The van der Waals surface area contributed by atoms with Crippen molar-refractivity contribution in [2.75, 3.05) is 0 Å². The Kier molecular flexibility index (Phi) is 5.00. The maximum atomic E-state index is 3.99. The molecule has 0 bridgehead atoms. The Morgan fingerprint density at radius 1 is 1.50 bits per heavy atom. The summed E-state index contributed by atoms with van der Waals surface area (Å²) >= 11 is 0. The highest BCUT2D eigenvalue weighted by molar-refractivity contribution is 4.97. The molecule has 10 heavy (non-hydrogen) atoms. The van der Waals surface area contributed by atoms with Crippen molar-refractivity contribution in [3.8, 4) is 0 Å². The number of hydrogen-bond donors (Lipinski definition) is 0. The summed E-state index contributed by atoms with van der Waals surface area (Å²) in [5.74, 6) is 0.643. The van der Waals surface area contributed by atoms with Crippen molar-refractivity contribution in [2.24, 2.45) is 5.92 Å². The molecule has 0 radical (unpaired) electrons. The average Bonchev–Trinajstić information content (AvgIpc) is 1.88. The lowest BCUT2D eigenvalue weighted by molar-refractivity contribution is 0.690. The van der Waals surface area contributed by atoms with Gasteiger partial charge in [-0.05, 0) is 25.2 Å². The highest BCUT2D eigenvalue weighted by Crippen LogP contribution is 2.14. The van der Waals surface area contributed by atoms with Gasteiger partial charge in [0.25, 0.3) is 0 Å². The molecule has 0 aromatic rings. The number of allylic oxidation sites excluding steroid dienone is 2. The van der Waals surface area contributed by atoms with Crippen LogP contribution in [0.1, 0.15) is 33.1 Å². The summed E-state index contributed by atoms with van der Waals surface area (Å²) in [7, 11) is 0. The summed E-state index contributed by atoms with van der Waals surface area (Å²) < 4.78 is 0. The Morgan fingerprint density at radius 3 is 2.50 bits per heavy atom. The molecular formula is C10H18. The lowest BCUT2D eigenvalue weighted by Crippen LogP contribution is -1.91. The summed E-state index contributed by atoms with van der Waals surface area (Å²) in [6.45, 7) is 12.0. The molecule has 0 atom stereocenters. The standard InChI is InChI=1S/C10H18/c1-5-6-7-8-10(4)9(2)3/h5,9H,1,4,6-8H2,2-3H3. The van der Waals surface area contributed by atoms with E-state index in [0.717, 1.165) is 12.8 Å². The first-order valence-electron chi connectivity index (χ1n) is 3.97. The van der Waals surface area contributed by atoms with Gasteiger partial charge >= 0.3 is 0 Å². The van der Waals surface area contributed by atoms with Crippen LogP contribution in [0, 0.1) is 5.92 Å². The molecule has 0 aliphatic heterocycles. The molecule has 0 aliphatic carbocycles. The van der Waals surface area contributed by atoms with Crippen LogP contribution in [-0.4, -0.2) is 0 Å². The molecule has 0 nitrogen and oxygen atoms in total. The van der Waals surface area contributed by atoms with Gasteiger partial charge in [0.1, 0.15) is 0 Å². The van der Waals surface area contributed by atoms with Gasteiger partial charge in [-0.3, -0.25) is 0 Å². The van der Waals surface area contributed by atoms with Crippen molar-refractivity contribution in [1.82, 2.24) is 0 Å². The maximum Gasteiger partial charge on any atom is -0.0263 e. The van der Waals surface area contributed by atoms with Crippen molar-refractivity contribution in [3.05, 3.63) is 24.8 Å². The molecule has 0 saturated heterocycles. The molecule has 0 unspecified atom stereocenters.